The van der Waals surface area contributed by atoms with E-state index in [1.165, 1.54) is 11.9 Å². The molecule has 7 atom stereocenters. The van der Waals surface area contributed by atoms with Crippen LogP contribution in [-0.4, -0.2) is 140 Å². The van der Waals surface area contributed by atoms with E-state index in [9.17, 15) is 32.7 Å². The highest BCUT2D eigenvalue weighted by Gasteiger charge is 2.72. The smallest absolute Gasteiger partial charge is 0.414 e. The summed E-state index contributed by atoms with van der Waals surface area (Å²) in [4.78, 5) is 56.9. The van der Waals surface area contributed by atoms with Crippen molar-refractivity contribution < 1.29 is 56.4 Å². The van der Waals surface area contributed by atoms with Crippen molar-refractivity contribution >= 4 is 39.9 Å². The molecule has 1 aromatic rings. The molecule has 6 N–H and O–H groups in total. The molecule has 1 aromatic carbocycles. The van der Waals surface area contributed by atoms with E-state index < -0.39 is 86.6 Å². The highest BCUT2D eigenvalue weighted by molar-refractivity contribution is 7.93. The van der Waals surface area contributed by atoms with Crippen molar-refractivity contribution in [2.75, 3.05) is 47.4 Å². The number of allylic oxidation sites excluding steroid dienone is 4. The van der Waals surface area contributed by atoms with E-state index in [0.29, 0.717) is 42.9 Å². The van der Waals surface area contributed by atoms with Crippen LogP contribution in [0, 0.1) is 17.2 Å². The lowest BCUT2D eigenvalue weighted by atomic mass is 9.50. The van der Waals surface area contributed by atoms with Crippen molar-refractivity contribution in [2.24, 2.45) is 17.6 Å². The fourth-order valence-corrected chi connectivity index (χ4v) is 13.4. The number of hydrogen-bond acceptors (Lipinski definition) is 14. The largest absolute Gasteiger partial charge is 0.493 e. The van der Waals surface area contributed by atoms with Gasteiger partial charge >= 0.3 is 12.1 Å². The van der Waals surface area contributed by atoms with Crippen molar-refractivity contribution in [3.63, 3.8) is 0 Å². The molecule has 2 fully saturated rings. The van der Waals surface area contributed by atoms with Gasteiger partial charge in [0.05, 0.1) is 23.0 Å². The van der Waals surface area contributed by atoms with Gasteiger partial charge in [-0.15, -0.1) is 0 Å². The number of ether oxygens (including phenoxy) is 5. The van der Waals surface area contributed by atoms with Crippen LogP contribution in [0.15, 0.2) is 45.8 Å². The molecule has 1 spiro atoms. The second-order valence-electron chi connectivity index (χ2n) is 20.8. The summed E-state index contributed by atoms with van der Waals surface area (Å²) in [6.45, 7) is 14.6. The number of nitrogens with zero attached hydrogens (tertiary/aromatic N) is 3. The average Bonchev–Trinajstić information content (AvgIpc) is 3.77. The van der Waals surface area contributed by atoms with E-state index in [0.717, 1.165) is 26.8 Å². The Morgan fingerprint density at radius 2 is 1.84 bits per heavy atom. The summed E-state index contributed by atoms with van der Waals surface area (Å²) in [6, 6.07) is 2.43. The second-order valence-corrected chi connectivity index (χ2v) is 22.6. The molecular formula is C48H69N7O12S. The van der Waals surface area contributed by atoms with Gasteiger partial charge in [0.25, 0.3) is 10.0 Å². The quantitative estimate of drug-likeness (QED) is 0.0728. The molecule has 6 aliphatic rings. The molecule has 0 saturated carbocycles. The minimum atomic E-state index is -4.34. The summed E-state index contributed by atoms with van der Waals surface area (Å²) in [5.41, 5.74) is 5.74. The monoisotopic (exact) mass is 967 g/mol. The number of amides is 3. The van der Waals surface area contributed by atoms with Crippen LogP contribution >= 0.6 is 0 Å². The van der Waals surface area contributed by atoms with Gasteiger partial charge in [-0.2, -0.15) is 0 Å². The summed E-state index contributed by atoms with van der Waals surface area (Å²) < 4.78 is 59.5. The van der Waals surface area contributed by atoms with E-state index in [-0.39, 0.29) is 61.5 Å². The van der Waals surface area contributed by atoms with Crippen molar-refractivity contribution in [1.29, 1.82) is 5.41 Å². The van der Waals surface area contributed by atoms with Crippen molar-refractivity contribution in [2.45, 2.75) is 141 Å². The Hall–Kier alpha value is -5.34. The molecule has 2 saturated heterocycles. The summed E-state index contributed by atoms with van der Waals surface area (Å²) in [7, 11) is 0.735. The van der Waals surface area contributed by atoms with Crippen molar-refractivity contribution in [3.05, 3.63) is 56.9 Å². The van der Waals surface area contributed by atoms with Gasteiger partial charge in [-0.25, -0.2) is 17.5 Å². The van der Waals surface area contributed by atoms with Gasteiger partial charge in [0.2, 0.25) is 17.8 Å². The molecule has 19 nitrogen and oxygen atoms in total. The Labute approximate surface area is 399 Å². The number of likely N-dealkylation sites (tertiary alicyclic amines) is 1. The summed E-state index contributed by atoms with van der Waals surface area (Å²) in [6.07, 6.45) is 1.42. The van der Waals surface area contributed by atoms with Gasteiger partial charge in [-0.1, -0.05) is 13.0 Å². The highest BCUT2D eigenvalue weighted by atomic mass is 32.2. The number of likely N-dealkylation sites (N-methyl/N-ethyl adjacent to an activating group) is 2. The lowest BCUT2D eigenvalue weighted by Crippen LogP contribution is -2.74. The Bertz CT molecular complexity index is 2480. The first-order valence-corrected chi connectivity index (χ1v) is 24.8. The number of fused-ring (bicyclic) bond motifs is 1. The maximum absolute atomic E-state index is 14.4. The highest BCUT2D eigenvalue weighted by Crippen LogP contribution is 2.65. The Morgan fingerprint density at radius 3 is 2.50 bits per heavy atom. The zero-order chi connectivity index (χ0) is 50.1. The number of nitrogens with one attached hydrogen (secondary N) is 3. The molecule has 3 heterocycles. The Morgan fingerprint density at radius 1 is 1.13 bits per heavy atom. The van der Waals surface area contributed by atoms with E-state index >= 15 is 0 Å². The standard InChI is InChI=1S/C48H69N7O12S/c1-26-27(2)40(28(3)30-25-46(7,8)67-38(26)30)68(61,62)55(43(49)50)20-12-13-31(52-35(56)24-36(57)66-45(4,5)6)42(58)51-19-22-54(10)44(59)64-33-16-17-48(60)34-23-29-14-15-32(63-11)39-37(29)47(48,41(33)65-39)18-21-53(34)9/h14-16,28,30-31,34,41,60H,12-13,17-25H2,1-11H3,(H3,49,50)(H,51,58)(H,52,56)/t28?,30?,31-,34+,41-,47-,48+/m0/s1. The molecule has 2 unspecified atom stereocenters. The molecule has 0 aromatic heterocycles. The lowest BCUT2D eigenvalue weighted by Gasteiger charge is -2.61. The zero-order valence-corrected chi connectivity index (χ0v) is 42.0. The van der Waals surface area contributed by atoms with Crippen LogP contribution in [0.3, 0.4) is 0 Å². The topological polar surface area (TPSA) is 252 Å². The first-order chi connectivity index (χ1) is 31.7. The lowest BCUT2D eigenvalue weighted by molar-refractivity contribution is -0.163. The number of sulfonamides is 1. The number of guanidine groups is 1. The van der Waals surface area contributed by atoms with Gasteiger partial charge in [0, 0.05) is 56.5 Å². The van der Waals surface area contributed by atoms with Gasteiger partial charge in [-0.05, 0) is 123 Å². The Balaban J connectivity index is 1.01. The molecule has 0 radical (unpaired) electrons. The molecule has 68 heavy (non-hydrogen) atoms. The molecule has 20 heteroatoms. The minimum absolute atomic E-state index is 0.0239. The first-order valence-electron chi connectivity index (χ1n) is 23.4. The number of hydrogen-bond donors (Lipinski definition) is 5. The number of aliphatic hydroxyl groups is 1. The van der Waals surface area contributed by atoms with Crippen LogP contribution in [0.2, 0.25) is 0 Å². The van der Waals surface area contributed by atoms with Crippen LogP contribution in [0.25, 0.3) is 0 Å². The number of carbonyl (C=O) groups is 4. The maximum Gasteiger partial charge on any atom is 0.414 e. The fraction of sp³-hybridized carbons (Fsp3) is 0.646. The van der Waals surface area contributed by atoms with Gasteiger partial charge < -0.3 is 55.0 Å². The third-order valence-corrected chi connectivity index (χ3v) is 16.8. The Kier molecular flexibility index (Phi) is 13.5. The summed E-state index contributed by atoms with van der Waals surface area (Å²) >= 11 is 0. The van der Waals surface area contributed by atoms with Crippen molar-refractivity contribution in [3.8, 4) is 11.5 Å². The molecule has 2 bridgehead atoms. The fourth-order valence-electron chi connectivity index (χ4n) is 11.4. The average molecular weight is 968 g/mol. The molecule has 374 valence electrons. The molecular weight excluding hydrogens is 899 g/mol. The van der Waals surface area contributed by atoms with Gasteiger partial charge in [0.15, 0.2) is 17.6 Å². The van der Waals surface area contributed by atoms with E-state index in [1.807, 2.05) is 46.9 Å². The predicted molar refractivity (Wildman–Crippen MR) is 251 cm³/mol. The van der Waals surface area contributed by atoms with Crippen LogP contribution in [0.5, 0.6) is 11.5 Å². The number of carbonyl (C=O) groups excluding carboxylic acids is 4. The number of benzene rings is 1. The summed E-state index contributed by atoms with van der Waals surface area (Å²) in [5.74, 6) is -1.52. The third-order valence-electron chi connectivity index (χ3n) is 14.6. The first kappa shape index (κ1) is 50.5. The van der Waals surface area contributed by atoms with E-state index in [2.05, 4.69) is 15.5 Å². The second kappa shape index (κ2) is 18.2. The summed E-state index contributed by atoms with van der Waals surface area (Å²) in [5, 5.41) is 26.2. The van der Waals surface area contributed by atoms with E-state index in [4.69, 9.17) is 34.8 Å². The van der Waals surface area contributed by atoms with Gasteiger partial charge in [0.1, 0.15) is 35.2 Å². The molecule has 3 aliphatic heterocycles. The number of nitrogens with two attached hydrogens (primary N) is 1. The zero-order valence-electron chi connectivity index (χ0n) is 41.2. The SMILES string of the molecule is COc1ccc2c3c1O[C@H]1C(OC(=O)N(C)CCNC(=O)[C@H](CCCN(C(=N)N)S(=O)(=O)C4=C(C)C(C)=C5OC(C)(C)CC5C4C)NC(=O)CC(=O)OC(C)(C)C)=CC[C@@]4(O)[C@@H](C2)N(C)CC[C@]314. The number of esters is 1. The molecule has 7 rings (SSSR count). The number of methoxy groups -OCH3 is 1. The molecule has 3 amide bonds. The third kappa shape index (κ3) is 8.91. The maximum atomic E-state index is 14.4. The number of piperidine rings is 1. The van der Waals surface area contributed by atoms with Crippen LogP contribution in [-0.2, 0) is 50.5 Å². The van der Waals surface area contributed by atoms with Crippen LogP contribution < -0.4 is 25.8 Å². The normalized spacial score (nSPS) is 27.1. The van der Waals surface area contributed by atoms with Crippen LogP contribution in [0.1, 0.15) is 105 Å². The van der Waals surface area contributed by atoms with Crippen molar-refractivity contribution in [1.82, 2.24) is 24.7 Å². The van der Waals surface area contributed by atoms with E-state index in [1.54, 1.807) is 40.9 Å². The molecule has 3 aliphatic carbocycles. The van der Waals surface area contributed by atoms with Crippen LogP contribution in [0.4, 0.5) is 4.79 Å². The number of rotatable bonds is 15. The minimum Gasteiger partial charge on any atom is -0.493 e. The van der Waals surface area contributed by atoms with Gasteiger partial charge in [-0.3, -0.25) is 19.8 Å². The predicted octanol–water partition coefficient (Wildman–Crippen LogP) is 3.69.